The lowest BCUT2D eigenvalue weighted by molar-refractivity contribution is -0.144. The second kappa shape index (κ2) is 9.38. The first kappa shape index (κ1) is 22.2. The van der Waals surface area contributed by atoms with Gasteiger partial charge in [-0.3, -0.25) is 4.79 Å². The van der Waals surface area contributed by atoms with E-state index >= 15 is 0 Å². The molecule has 0 aliphatic carbocycles. The number of hydrogen-bond acceptors (Lipinski definition) is 5. The van der Waals surface area contributed by atoms with Gasteiger partial charge in [-0.15, -0.1) is 0 Å². The van der Waals surface area contributed by atoms with Crippen molar-refractivity contribution in [1.29, 1.82) is 0 Å². The van der Waals surface area contributed by atoms with Gasteiger partial charge in [-0.05, 0) is 43.0 Å². The third-order valence-corrected chi connectivity index (χ3v) is 7.11. The number of sulfonamides is 1. The van der Waals surface area contributed by atoms with Gasteiger partial charge in [-0.25, -0.2) is 13.2 Å². The van der Waals surface area contributed by atoms with E-state index in [2.05, 4.69) is 5.32 Å². The molecule has 8 nitrogen and oxygen atoms in total. The lowest BCUT2D eigenvalue weighted by atomic mass is 9.95. The molecule has 1 aliphatic rings. The Hall–Kier alpha value is -2.13. The normalized spacial score (nSPS) is 20.2. The second-order valence-electron chi connectivity index (χ2n) is 7.09. The van der Waals surface area contributed by atoms with Crippen LogP contribution < -0.4 is 10.1 Å². The summed E-state index contributed by atoms with van der Waals surface area (Å²) in [6.07, 6.45) is 1.67. The Morgan fingerprint density at radius 1 is 1.32 bits per heavy atom. The average molecular weight is 413 g/mol. The Morgan fingerprint density at radius 3 is 2.50 bits per heavy atom. The van der Waals surface area contributed by atoms with Gasteiger partial charge in [-0.2, -0.15) is 4.31 Å². The number of nitrogens with zero attached hydrogens (tertiary/aromatic N) is 1. The van der Waals surface area contributed by atoms with Gasteiger partial charge >= 0.3 is 5.97 Å². The molecule has 1 aromatic carbocycles. The van der Waals surface area contributed by atoms with Crippen molar-refractivity contribution in [1.82, 2.24) is 9.62 Å². The van der Waals surface area contributed by atoms with Crippen LogP contribution in [-0.2, 0) is 19.6 Å². The van der Waals surface area contributed by atoms with E-state index in [1.54, 1.807) is 19.1 Å². The highest BCUT2D eigenvalue weighted by atomic mass is 32.2. The van der Waals surface area contributed by atoms with E-state index < -0.39 is 33.9 Å². The molecule has 28 heavy (non-hydrogen) atoms. The molecule has 1 aromatic rings. The summed E-state index contributed by atoms with van der Waals surface area (Å²) in [5, 5.41) is 12.0. The molecule has 1 heterocycles. The first-order valence-electron chi connectivity index (χ1n) is 9.38. The molecule has 1 amide bonds. The number of carbonyl (C=O) groups is 2. The number of carbonyl (C=O) groups excluding carboxylic acids is 1. The fourth-order valence-corrected chi connectivity index (χ4v) is 4.75. The first-order valence-corrected chi connectivity index (χ1v) is 10.8. The van der Waals surface area contributed by atoms with E-state index in [1.165, 1.54) is 23.5 Å². The van der Waals surface area contributed by atoms with Gasteiger partial charge in [0.1, 0.15) is 11.8 Å². The smallest absolute Gasteiger partial charge is 0.326 e. The summed E-state index contributed by atoms with van der Waals surface area (Å²) >= 11 is 0. The van der Waals surface area contributed by atoms with Crippen LogP contribution in [-0.4, -0.2) is 55.9 Å². The van der Waals surface area contributed by atoms with Crippen LogP contribution in [0.15, 0.2) is 29.2 Å². The number of amides is 1. The van der Waals surface area contributed by atoms with Crippen LogP contribution in [0.2, 0.25) is 0 Å². The minimum atomic E-state index is -3.74. The first-order chi connectivity index (χ1) is 13.2. The Balaban J connectivity index is 2.11. The van der Waals surface area contributed by atoms with Gasteiger partial charge in [0.25, 0.3) is 0 Å². The van der Waals surface area contributed by atoms with Crippen LogP contribution >= 0.6 is 0 Å². The lowest BCUT2D eigenvalue weighted by Crippen LogP contribution is -2.51. The van der Waals surface area contributed by atoms with Gasteiger partial charge in [0.05, 0.1) is 17.9 Å². The van der Waals surface area contributed by atoms with Crippen LogP contribution in [0.3, 0.4) is 0 Å². The van der Waals surface area contributed by atoms with E-state index in [-0.39, 0.29) is 17.4 Å². The van der Waals surface area contributed by atoms with Crippen LogP contribution in [0.25, 0.3) is 0 Å². The molecule has 0 saturated carbocycles. The third-order valence-electron chi connectivity index (χ3n) is 5.23. The predicted octanol–water partition coefficient (Wildman–Crippen LogP) is 1.71. The number of nitrogens with one attached hydrogen (secondary N) is 1. The number of aliphatic carboxylic acids is 1. The Bertz CT molecular complexity index is 793. The number of benzene rings is 1. The molecule has 2 N–H and O–H groups in total. The molecule has 0 bridgehead atoms. The molecular weight excluding hydrogens is 384 g/mol. The van der Waals surface area contributed by atoms with Crippen molar-refractivity contribution < 1.29 is 27.9 Å². The number of rotatable bonds is 8. The summed E-state index contributed by atoms with van der Waals surface area (Å²) in [7, 11) is -2.24. The molecule has 1 saturated heterocycles. The zero-order chi connectivity index (χ0) is 20.9. The topological polar surface area (TPSA) is 113 Å². The van der Waals surface area contributed by atoms with Crippen molar-refractivity contribution in [3.8, 4) is 5.75 Å². The molecule has 156 valence electrons. The predicted molar refractivity (Wildman–Crippen MR) is 103 cm³/mol. The van der Waals surface area contributed by atoms with Crippen molar-refractivity contribution in [3.05, 3.63) is 24.3 Å². The second-order valence-corrected chi connectivity index (χ2v) is 9.03. The molecule has 0 spiro atoms. The highest BCUT2D eigenvalue weighted by Gasteiger charge is 2.35. The van der Waals surface area contributed by atoms with Crippen molar-refractivity contribution in [2.24, 2.45) is 11.8 Å². The van der Waals surface area contributed by atoms with E-state index in [9.17, 15) is 23.1 Å². The van der Waals surface area contributed by atoms with E-state index in [0.717, 1.165) is 0 Å². The number of hydrogen-bond donors (Lipinski definition) is 2. The van der Waals surface area contributed by atoms with Gasteiger partial charge in [0, 0.05) is 13.1 Å². The summed E-state index contributed by atoms with van der Waals surface area (Å²) in [5.74, 6) is -1.74. The molecule has 0 radical (unpaired) electrons. The average Bonchev–Trinajstić information content (AvgIpc) is 2.71. The maximum absolute atomic E-state index is 12.9. The van der Waals surface area contributed by atoms with Crippen molar-refractivity contribution in [2.45, 2.75) is 44.0 Å². The Labute approximate surface area is 165 Å². The molecule has 1 fully saturated rings. The number of ether oxygens (including phenoxy) is 1. The molecular formula is C19H28N2O6S. The molecule has 2 rings (SSSR count). The molecule has 0 aromatic heterocycles. The number of methoxy groups -OCH3 is 1. The van der Waals surface area contributed by atoms with E-state index in [4.69, 9.17) is 4.74 Å². The molecule has 2 unspecified atom stereocenters. The zero-order valence-corrected chi connectivity index (χ0v) is 17.2. The fraction of sp³-hybridized carbons (Fsp3) is 0.579. The number of carboxylic acid groups (broad SMARTS) is 1. The van der Waals surface area contributed by atoms with Crippen LogP contribution in [0.1, 0.15) is 33.1 Å². The summed E-state index contributed by atoms with van der Waals surface area (Å²) in [5.41, 5.74) is 0. The molecule has 1 aliphatic heterocycles. The van der Waals surface area contributed by atoms with Crippen LogP contribution in [0, 0.1) is 11.8 Å². The minimum Gasteiger partial charge on any atom is -0.497 e. The monoisotopic (exact) mass is 412 g/mol. The van der Waals surface area contributed by atoms with Crippen LogP contribution in [0.4, 0.5) is 0 Å². The number of carboxylic acids is 1. The van der Waals surface area contributed by atoms with E-state index in [0.29, 0.717) is 31.6 Å². The van der Waals surface area contributed by atoms with Crippen molar-refractivity contribution in [3.63, 3.8) is 0 Å². The quantitative estimate of drug-likeness (QED) is 0.672. The SMILES string of the molecule is CCC(C)[C@H](NC(=O)C1CCCN(S(=O)(=O)c2ccc(OC)cc2)C1)C(=O)O. The summed E-state index contributed by atoms with van der Waals surface area (Å²) in [4.78, 5) is 24.2. The van der Waals surface area contributed by atoms with Crippen molar-refractivity contribution >= 4 is 21.9 Å². The number of piperidine rings is 1. The van der Waals surface area contributed by atoms with E-state index in [1.807, 2.05) is 6.92 Å². The lowest BCUT2D eigenvalue weighted by Gasteiger charge is -2.32. The van der Waals surface area contributed by atoms with Crippen LogP contribution in [0.5, 0.6) is 5.75 Å². The maximum atomic E-state index is 12.9. The fourth-order valence-electron chi connectivity index (χ4n) is 3.23. The summed E-state index contributed by atoms with van der Waals surface area (Å²) < 4.78 is 32.1. The third kappa shape index (κ3) is 5.02. The Kier molecular flexibility index (Phi) is 7.42. The van der Waals surface area contributed by atoms with Gasteiger partial charge in [0.15, 0.2) is 0 Å². The Morgan fingerprint density at radius 2 is 1.96 bits per heavy atom. The standard InChI is InChI=1S/C19H28N2O6S/c1-4-13(2)17(19(23)24)20-18(22)14-6-5-11-21(12-14)28(25,26)16-9-7-15(27-3)8-10-16/h7-10,13-14,17H,4-6,11-12H2,1-3H3,(H,20,22)(H,23,24)/t13?,14?,17-/m0/s1. The highest BCUT2D eigenvalue weighted by Crippen LogP contribution is 2.25. The summed E-state index contributed by atoms with van der Waals surface area (Å²) in [6, 6.07) is 5.11. The highest BCUT2D eigenvalue weighted by molar-refractivity contribution is 7.89. The maximum Gasteiger partial charge on any atom is 0.326 e. The zero-order valence-electron chi connectivity index (χ0n) is 16.4. The van der Waals surface area contributed by atoms with Gasteiger partial charge in [0.2, 0.25) is 15.9 Å². The van der Waals surface area contributed by atoms with Crippen molar-refractivity contribution in [2.75, 3.05) is 20.2 Å². The van der Waals surface area contributed by atoms with Gasteiger partial charge < -0.3 is 15.2 Å². The summed E-state index contributed by atoms with van der Waals surface area (Å²) in [6.45, 7) is 3.98. The molecule has 9 heteroatoms. The van der Waals surface area contributed by atoms with Gasteiger partial charge in [-0.1, -0.05) is 20.3 Å². The molecule has 3 atom stereocenters. The minimum absolute atomic E-state index is 0.0348. The largest absolute Gasteiger partial charge is 0.497 e.